The maximum Gasteiger partial charge on any atom is 0.305 e. The second-order valence-electron chi connectivity index (χ2n) is 5.01. The smallest absolute Gasteiger partial charge is 0.305 e. The average molecular weight is 468 g/mol. The van der Waals surface area contributed by atoms with Crippen molar-refractivity contribution in [3.05, 3.63) is 63.2 Å². The predicted molar refractivity (Wildman–Crippen MR) is 99.2 cm³/mol. The van der Waals surface area contributed by atoms with E-state index in [1.165, 1.54) is 0 Å². The summed E-state index contributed by atoms with van der Waals surface area (Å²) >= 11 is 6.67. The van der Waals surface area contributed by atoms with E-state index in [-0.39, 0.29) is 12.4 Å². The molecule has 1 aromatic heterocycles. The number of carbonyl (C=O) groups excluding carboxylic acids is 2. The van der Waals surface area contributed by atoms with Gasteiger partial charge in [0, 0.05) is 9.86 Å². The highest BCUT2D eigenvalue weighted by Crippen LogP contribution is 2.28. The van der Waals surface area contributed by atoms with E-state index in [1.807, 2.05) is 18.2 Å². The Kier molecular flexibility index (Phi) is 5.40. The van der Waals surface area contributed by atoms with E-state index < -0.39 is 11.8 Å². The van der Waals surface area contributed by atoms with Gasteiger partial charge in [0.25, 0.3) is 5.91 Å². The summed E-state index contributed by atoms with van der Waals surface area (Å²) in [4.78, 5) is 23.8. The number of hydrogen-bond donors (Lipinski definition) is 2. The van der Waals surface area contributed by atoms with Crippen LogP contribution in [0, 0.1) is 0 Å². The molecule has 0 aliphatic carbocycles. The first kappa shape index (κ1) is 17.5. The molecule has 128 valence electrons. The lowest BCUT2D eigenvalue weighted by atomic mass is 10.2. The summed E-state index contributed by atoms with van der Waals surface area (Å²) < 4.78 is 12.4. The predicted octanol–water partition coefficient (Wildman–Crippen LogP) is 3.80. The molecule has 0 fully saturated rings. The Labute approximate surface area is 159 Å². The summed E-state index contributed by atoms with van der Waals surface area (Å²) in [5, 5.41) is 0.808. The molecule has 0 bridgehead atoms. The first-order valence-electron chi connectivity index (χ1n) is 7.18. The summed E-state index contributed by atoms with van der Waals surface area (Å²) in [6, 6.07) is 14.2. The van der Waals surface area contributed by atoms with Crippen molar-refractivity contribution in [2.24, 2.45) is 0 Å². The van der Waals surface area contributed by atoms with Crippen LogP contribution in [0.15, 0.2) is 61.9 Å². The van der Waals surface area contributed by atoms with Gasteiger partial charge in [-0.2, -0.15) is 0 Å². The van der Waals surface area contributed by atoms with Gasteiger partial charge in [0.1, 0.15) is 11.3 Å². The van der Waals surface area contributed by atoms with Crippen LogP contribution < -0.4 is 15.6 Å². The van der Waals surface area contributed by atoms with Crippen LogP contribution in [-0.2, 0) is 4.79 Å². The number of hydrogen-bond acceptors (Lipinski definition) is 4. The Morgan fingerprint density at radius 2 is 1.84 bits per heavy atom. The molecule has 8 heteroatoms. The van der Waals surface area contributed by atoms with Crippen LogP contribution in [0.3, 0.4) is 0 Å². The highest BCUT2D eigenvalue weighted by Gasteiger charge is 2.13. The summed E-state index contributed by atoms with van der Waals surface area (Å²) in [5.74, 6) is -0.423. The van der Waals surface area contributed by atoms with Crippen LogP contribution in [0.25, 0.3) is 11.0 Å². The van der Waals surface area contributed by atoms with Crippen molar-refractivity contribution in [1.82, 2.24) is 10.9 Å². The van der Waals surface area contributed by atoms with E-state index in [4.69, 9.17) is 9.15 Å². The number of amides is 2. The standard InChI is InChI=1S/C17H12Br2N2O4/c18-11-5-6-14(12(19)8-11)24-9-16(22)20-21-17(23)15-7-10-3-1-2-4-13(10)25-15/h1-8H,9H2,(H,20,22)(H,21,23). The fourth-order valence-corrected chi connectivity index (χ4v) is 3.22. The number of hydrazine groups is 1. The Morgan fingerprint density at radius 1 is 1.04 bits per heavy atom. The van der Waals surface area contributed by atoms with Crippen molar-refractivity contribution >= 4 is 54.6 Å². The summed E-state index contributed by atoms with van der Waals surface area (Å²) in [6.07, 6.45) is 0. The second-order valence-corrected chi connectivity index (χ2v) is 6.78. The van der Waals surface area contributed by atoms with Crippen LogP contribution >= 0.6 is 31.9 Å². The van der Waals surface area contributed by atoms with Gasteiger partial charge >= 0.3 is 5.91 Å². The van der Waals surface area contributed by atoms with Gasteiger partial charge in [-0.05, 0) is 46.3 Å². The van der Waals surface area contributed by atoms with E-state index in [0.29, 0.717) is 15.8 Å². The van der Waals surface area contributed by atoms with Gasteiger partial charge in [-0.15, -0.1) is 0 Å². The Morgan fingerprint density at radius 3 is 2.60 bits per heavy atom. The van der Waals surface area contributed by atoms with Crippen molar-refractivity contribution in [3.63, 3.8) is 0 Å². The Hall–Kier alpha value is -2.32. The zero-order valence-corrected chi connectivity index (χ0v) is 15.9. The maximum atomic E-state index is 12.0. The van der Waals surface area contributed by atoms with Crippen molar-refractivity contribution in [2.45, 2.75) is 0 Å². The third-order valence-electron chi connectivity index (χ3n) is 3.22. The highest BCUT2D eigenvalue weighted by atomic mass is 79.9. The minimum atomic E-state index is -0.547. The van der Waals surface area contributed by atoms with E-state index >= 15 is 0 Å². The van der Waals surface area contributed by atoms with Gasteiger partial charge in [0.05, 0.1) is 4.47 Å². The molecule has 2 amide bonds. The molecule has 6 nitrogen and oxygen atoms in total. The normalized spacial score (nSPS) is 10.5. The van der Waals surface area contributed by atoms with E-state index in [0.717, 1.165) is 9.86 Å². The van der Waals surface area contributed by atoms with Gasteiger partial charge in [-0.3, -0.25) is 20.4 Å². The van der Waals surface area contributed by atoms with Crippen LogP contribution in [0.1, 0.15) is 10.6 Å². The third kappa shape index (κ3) is 4.40. The fourth-order valence-electron chi connectivity index (χ4n) is 2.05. The number of furan rings is 1. The minimum absolute atomic E-state index is 0.109. The molecule has 1 heterocycles. The number of benzene rings is 2. The first-order chi connectivity index (χ1) is 12.0. The molecule has 0 aliphatic rings. The molecule has 2 aromatic carbocycles. The van der Waals surface area contributed by atoms with E-state index in [1.54, 1.807) is 30.3 Å². The van der Waals surface area contributed by atoms with Crippen molar-refractivity contribution in [3.8, 4) is 5.75 Å². The van der Waals surface area contributed by atoms with Crippen molar-refractivity contribution < 1.29 is 18.7 Å². The van der Waals surface area contributed by atoms with Gasteiger partial charge in [0.15, 0.2) is 12.4 Å². The number of para-hydroxylation sites is 1. The molecule has 2 N–H and O–H groups in total. The number of halogens is 2. The Balaban J connectivity index is 1.52. The van der Waals surface area contributed by atoms with Crippen LogP contribution in [0.4, 0.5) is 0 Å². The van der Waals surface area contributed by atoms with Gasteiger partial charge in [0.2, 0.25) is 0 Å². The van der Waals surface area contributed by atoms with Crippen molar-refractivity contribution in [1.29, 1.82) is 0 Å². The molecule has 0 atom stereocenters. The largest absolute Gasteiger partial charge is 0.483 e. The van der Waals surface area contributed by atoms with Crippen LogP contribution in [0.2, 0.25) is 0 Å². The average Bonchev–Trinajstić information content (AvgIpc) is 3.03. The number of fused-ring (bicyclic) bond motifs is 1. The quantitative estimate of drug-likeness (QED) is 0.572. The number of rotatable bonds is 4. The molecule has 0 saturated heterocycles. The molecule has 0 saturated carbocycles. The molecule has 0 spiro atoms. The number of carbonyl (C=O) groups is 2. The Bertz CT molecular complexity index is 906. The monoisotopic (exact) mass is 466 g/mol. The molecular formula is C17H12Br2N2O4. The molecule has 0 aliphatic heterocycles. The minimum Gasteiger partial charge on any atom is -0.483 e. The second kappa shape index (κ2) is 7.71. The summed E-state index contributed by atoms with van der Waals surface area (Å²) in [7, 11) is 0. The van der Waals surface area contributed by atoms with Crippen LogP contribution in [-0.4, -0.2) is 18.4 Å². The molecule has 0 radical (unpaired) electrons. The third-order valence-corrected chi connectivity index (χ3v) is 4.33. The lowest BCUT2D eigenvalue weighted by Crippen LogP contribution is -2.43. The topological polar surface area (TPSA) is 80.6 Å². The van der Waals surface area contributed by atoms with Crippen molar-refractivity contribution in [2.75, 3.05) is 6.61 Å². The lowest BCUT2D eigenvalue weighted by molar-refractivity contribution is -0.123. The SMILES string of the molecule is O=C(COc1ccc(Br)cc1Br)NNC(=O)c1cc2ccccc2o1. The zero-order valence-electron chi connectivity index (χ0n) is 12.7. The van der Waals surface area contributed by atoms with E-state index in [9.17, 15) is 9.59 Å². The molecular weight excluding hydrogens is 456 g/mol. The van der Waals surface area contributed by atoms with Crippen LogP contribution in [0.5, 0.6) is 5.75 Å². The van der Waals surface area contributed by atoms with Gasteiger partial charge in [-0.25, -0.2) is 0 Å². The van der Waals surface area contributed by atoms with E-state index in [2.05, 4.69) is 42.7 Å². The first-order valence-corrected chi connectivity index (χ1v) is 8.77. The fraction of sp³-hybridized carbons (Fsp3) is 0.0588. The van der Waals surface area contributed by atoms with Gasteiger partial charge < -0.3 is 9.15 Å². The van der Waals surface area contributed by atoms with Gasteiger partial charge in [-0.1, -0.05) is 34.1 Å². The molecule has 3 rings (SSSR count). The number of ether oxygens (including phenoxy) is 1. The molecule has 3 aromatic rings. The summed E-state index contributed by atoms with van der Waals surface area (Å²) in [5.41, 5.74) is 5.17. The maximum absolute atomic E-state index is 12.0. The number of nitrogens with one attached hydrogen (secondary N) is 2. The zero-order chi connectivity index (χ0) is 17.8. The highest BCUT2D eigenvalue weighted by molar-refractivity contribution is 9.11. The summed E-state index contributed by atoms with van der Waals surface area (Å²) in [6.45, 7) is -0.249. The molecule has 25 heavy (non-hydrogen) atoms. The lowest BCUT2D eigenvalue weighted by Gasteiger charge is -2.09. The molecule has 0 unspecified atom stereocenters.